The molecule has 1 aliphatic heterocycles. The fourth-order valence-electron chi connectivity index (χ4n) is 2.62. The van der Waals surface area contributed by atoms with Crippen LogP contribution < -0.4 is 5.48 Å². The highest BCUT2D eigenvalue weighted by molar-refractivity contribution is 5.93. The van der Waals surface area contributed by atoms with Crippen LogP contribution >= 0.6 is 0 Å². The Kier molecular flexibility index (Phi) is 3.64. The van der Waals surface area contributed by atoms with E-state index in [1.807, 2.05) is 19.3 Å². The highest BCUT2D eigenvalue weighted by Crippen LogP contribution is 2.19. The fraction of sp³-hybridized carbons (Fsp3) is 0.267. The second-order valence-corrected chi connectivity index (χ2v) is 5.22. The Labute approximate surface area is 127 Å². The van der Waals surface area contributed by atoms with Gasteiger partial charge in [0.15, 0.2) is 0 Å². The largest absolute Gasteiger partial charge is 0.347 e. The van der Waals surface area contributed by atoms with Crippen LogP contribution in [-0.2, 0) is 20.0 Å². The summed E-state index contributed by atoms with van der Waals surface area (Å²) in [6, 6.07) is 6.95. The maximum Gasteiger partial charge on any atom is 0.293 e. The number of hydroxylamine groups is 1. The number of amides is 2. The summed E-state index contributed by atoms with van der Waals surface area (Å²) in [7, 11) is 1.84. The highest BCUT2D eigenvalue weighted by Gasteiger charge is 2.24. The third-order valence-electron chi connectivity index (χ3n) is 3.83. The average Bonchev–Trinajstić information content (AvgIpc) is 2.98. The standard InChI is InChI=1S/C15H16N4O3/c1-18-7-2-3-13(18)15(21)19-8-6-11-10(9-19)4-5-12(16-11)14(20)17-22/h2-5,7,22H,6,8-9H2,1H3,(H,17,20). The van der Waals surface area contributed by atoms with Crippen LogP contribution in [0.5, 0.6) is 0 Å². The number of carbonyl (C=O) groups excluding carboxylic acids is 2. The normalized spacial score (nSPS) is 13.6. The molecule has 0 aliphatic carbocycles. The molecule has 1 aliphatic rings. The molecule has 2 amide bonds. The molecular formula is C15H16N4O3. The van der Waals surface area contributed by atoms with Crippen molar-refractivity contribution in [2.75, 3.05) is 6.54 Å². The number of nitrogens with one attached hydrogen (secondary N) is 1. The molecule has 0 radical (unpaired) electrons. The van der Waals surface area contributed by atoms with Crippen molar-refractivity contribution in [3.63, 3.8) is 0 Å². The Bertz CT molecular complexity index is 738. The Morgan fingerprint density at radius 1 is 1.32 bits per heavy atom. The Morgan fingerprint density at radius 2 is 2.14 bits per heavy atom. The molecule has 3 rings (SSSR count). The van der Waals surface area contributed by atoms with E-state index in [2.05, 4.69) is 4.98 Å². The van der Waals surface area contributed by atoms with Gasteiger partial charge in [-0.1, -0.05) is 6.07 Å². The van der Waals surface area contributed by atoms with Gasteiger partial charge in [0.25, 0.3) is 11.8 Å². The van der Waals surface area contributed by atoms with Crippen molar-refractivity contribution in [2.24, 2.45) is 7.05 Å². The van der Waals surface area contributed by atoms with Crippen molar-refractivity contribution in [1.29, 1.82) is 0 Å². The van der Waals surface area contributed by atoms with E-state index >= 15 is 0 Å². The number of aromatic nitrogens is 2. The zero-order valence-electron chi connectivity index (χ0n) is 12.1. The van der Waals surface area contributed by atoms with E-state index in [1.54, 1.807) is 33.1 Å². The third-order valence-corrected chi connectivity index (χ3v) is 3.83. The summed E-state index contributed by atoms with van der Waals surface area (Å²) in [5, 5.41) is 8.64. The van der Waals surface area contributed by atoms with Crippen molar-refractivity contribution in [3.8, 4) is 0 Å². The predicted octanol–water partition coefficient (Wildman–Crippen LogP) is 0.738. The van der Waals surface area contributed by atoms with Gasteiger partial charge in [-0.15, -0.1) is 0 Å². The molecule has 0 spiro atoms. The molecule has 0 atom stereocenters. The molecule has 0 saturated heterocycles. The smallest absolute Gasteiger partial charge is 0.293 e. The van der Waals surface area contributed by atoms with Gasteiger partial charge in [0.05, 0.1) is 0 Å². The van der Waals surface area contributed by atoms with E-state index in [1.165, 1.54) is 0 Å². The summed E-state index contributed by atoms with van der Waals surface area (Å²) in [6.45, 7) is 1.02. The molecule has 7 nitrogen and oxygen atoms in total. The van der Waals surface area contributed by atoms with Gasteiger partial charge in [-0.3, -0.25) is 14.8 Å². The molecule has 0 saturated carbocycles. The zero-order valence-corrected chi connectivity index (χ0v) is 12.1. The molecule has 0 unspecified atom stereocenters. The first kappa shape index (κ1) is 14.3. The quantitative estimate of drug-likeness (QED) is 0.632. The van der Waals surface area contributed by atoms with Crippen LogP contribution in [0.4, 0.5) is 0 Å². The number of rotatable bonds is 2. The van der Waals surface area contributed by atoms with Gasteiger partial charge in [-0.2, -0.15) is 0 Å². The van der Waals surface area contributed by atoms with Crippen LogP contribution in [0.25, 0.3) is 0 Å². The first-order valence-electron chi connectivity index (χ1n) is 6.94. The first-order chi connectivity index (χ1) is 10.6. The average molecular weight is 300 g/mol. The lowest BCUT2D eigenvalue weighted by atomic mass is 10.0. The van der Waals surface area contributed by atoms with Crippen molar-refractivity contribution >= 4 is 11.8 Å². The summed E-state index contributed by atoms with van der Waals surface area (Å²) in [6.07, 6.45) is 2.42. The Morgan fingerprint density at radius 3 is 2.82 bits per heavy atom. The number of carbonyl (C=O) groups is 2. The summed E-state index contributed by atoms with van der Waals surface area (Å²) in [5.41, 5.74) is 4.10. The van der Waals surface area contributed by atoms with E-state index in [9.17, 15) is 9.59 Å². The molecule has 114 valence electrons. The third kappa shape index (κ3) is 2.46. The fourth-order valence-corrected chi connectivity index (χ4v) is 2.62. The first-order valence-corrected chi connectivity index (χ1v) is 6.94. The van der Waals surface area contributed by atoms with Gasteiger partial charge < -0.3 is 9.47 Å². The lowest BCUT2D eigenvalue weighted by Crippen LogP contribution is -2.37. The van der Waals surface area contributed by atoms with Gasteiger partial charge in [-0.05, 0) is 23.8 Å². The maximum atomic E-state index is 12.5. The van der Waals surface area contributed by atoms with Crippen molar-refractivity contribution in [1.82, 2.24) is 19.9 Å². The van der Waals surface area contributed by atoms with Crippen LogP contribution in [0.2, 0.25) is 0 Å². The second-order valence-electron chi connectivity index (χ2n) is 5.22. The summed E-state index contributed by atoms with van der Waals surface area (Å²) >= 11 is 0. The van der Waals surface area contributed by atoms with Crippen LogP contribution in [-0.4, -0.2) is 38.0 Å². The molecule has 0 fully saturated rings. The minimum absolute atomic E-state index is 0.0182. The van der Waals surface area contributed by atoms with E-state index in [0.29, 0.717) is 25.2 Å². The minimum atomic E-state index is -0.634. The topological polar surface area (TPSA) is 87.5 Å². The zero-order chi connectivity index (χ0) is 15.7. The second kappa shape index (κ2) is 5.61. The van der Waals surface area contributed by atoms with Crippen molar-refractivity contribution in [2.45, 2.75) is 13.0 Å². The van der Waals surface area contributed by atoms with E-state index in [4.69, 9.17) is 5.21 Å². The predicted molar refractivity (Wildman–Crippen MR) is 77.3 cm³/mol. The highest BCUT2D eigenvalue weighted by atomic mass is 16.5. The summed E-state index contributed by atoms with van der Waals surface area (Å²) in [4.78, 5) is 29.9. The van der Waals surface area contributed by atoms with Crippen molar-refractivity contribution in [3.05, 3.63) is 53.1 Å². The van der Waals surface area contributed by atoms with Gasteiger partial charge in [0.2, 0.25) is 0 Å². The number of hydrogen-bond donors (Lipinski definition) is 2. The van der Waals surface area contributed by atoms with Gasteiger partial charge in [-0.25, -0.2) is 10.5 Å². The Balaban J connectivity index is 1.81. The molecule has 0 aromatic carbocycles. The molecule has 22 heavy (non-hydrogen) atoms. The number of pyridine rings is 1. The lowest BCUT2D eigenvalue weighted by molar-refractivity contribution is 0.0694. The SMILES string of the molecule is Cn1cccc1C(=O)N1CCc2nc(C(=O)NO)ccc2C1. The maximum absolute atomic E-state index is 12.5. The van der Waals surface area contributed by atoms with Crippen LogP contribution in [0, 0.1) is 0 Å². The van der Waals surface area contributed by atoms with E-state index in [0.717, 1.165) is 11.3 Å². The molecule has 0 bridgehead atoms. The van der Waals surface area contributed by atoms with E-state index < -0.39 is 5.91 Å². The van der Waals surface area contributed by atoms with Crippen LogP contribution in [0.3, 0.4) is 0 Å². The van der Waals surface area contributed by atoms with Crippen LogP contribution in [0.15, 0.2) is 30.5 Å². The summed E-state index contributed by atoms with van der Waals surface area (Å²) in [5.74, 6) is -0.652. The van der Waals surface area contributed by atoms with E-state index in [-0.39, 0.29) is 11.6 Å². The monoisotopic (exact) mass is 300 g/mol. The number of hydrogen-bond acceptors (Lipinski definition) is 4. The van der Waals surface area contributed by atoms with Gasteiger partial charge in [0.1, 0.15) is 11.4 Å². The molecule has 2 N–H and O–H groups in total. The molecular weight excluding hydrogens is 284 g/mol. The summed E-state index contributed by atoms with van der Waals surface area (Å²) < 4.78 is 1.80. The molecule has 3 heterocycles. The molecule has 2 aromatic heterocycles. The lowest BCUT2D eigenvalue weighted by Gasteiger charge is -2.28. The minimum Gasteiger partial charge on any atom is -0.347 e. The van der Waals surface area contributed by atoms with Crippen LogP contribution in [0.1, 0.15) is 32.2 Å². The molecule has 2 aromatic rings. The Hall–Kier alpha value is -2.67. The molecule has 7 heteroatoms. The number of aryl methyl sites for hydroxylation is 1. The number of fused-ring (bicyclic) bond motifs is 1. The van der Waals surface area contributed by atoms with Gasteiger partial charge >= 0.3 is 0 Å². The number of nitrogens with zero attached hydrogens (tertiary/aromatic N) is 3. The van der Waals surface area contributed by atoms with Gasteiger partial charge in [0, 0.05) is 38.4 Å². The van der Waals surface area contributed by atoms with Crippen molar-refractivity contribution < 1.29 is 14.8 Å².